The SMILES string of the molecule is CC1C(O)C(=O)C(O)C1c1ccccc1. The Morgan fingerprint density at radius 2 is 1.67 bits per heavy atom. The normalized spacial score (nSPS) is 35.8. The third-order valence-electron chi connectivity index (χ3n) is 3.17. The van der Waals surface area contributed by atoms with Gasteiger partial charge in [-0.25, -0.2) is 0 Å². The van der Waals surface area contributed by atoms with E-state index in [9.17, 15) is 15.0 Å². The molecule has 15 heavy (non-hydrogen) atoms. The van der Waals surface area contributed by atoms with Gasteiger partial charge in [-0.1, -0.05) is 37.3 Å². The Hall–Kier alpha value is -1.19. The average molecular weight is 206 g/mol. The van der Waals surface area contributed by atoms with E-state index in [1.165, 1.54) is 0 Å². The minimum Gasteiger partial charge on any atom is -0.385 e. The van der Waals surface area contributed by atoms with Crippen molar-refractivity contribution in [2.75, 3.05) is 0 Å². The fourth-order valence-electron chi connectivity index (χ4n) is 2.26. The second-order valence-electron chi connectivity index (χ2n) is 4.09. The molecule has 4 atom stereocenters. The molecular formula is C12H14O3. The maximum atomic E-state index is 11.4. The van der Waals surface area contributed by atoms with Crippen molar-refractivity contribution in [3.8, 4) is 0 Å². The Labute approximate surface area is 88.4 Å². The van der Waals surface area contributed by atoms with Crippen LogP contribution in [0.3, 0.4) is 0 Å². The van der Waals surface area contributed by atoms with Crippen molar-refractivity contribution in [1.29, 1.82) is 0 Å². The predicted molar refractivity (Wildman–Crippen MR) is 55.4 cm³/mol. The molecule has 3 nitrogen and oxygen atoms in total. The third kappa shape index (κ3) is 1.58. The van der Waals surface area contributed by atoms with Crippen LogP contribution in [0.2, 0.25) is 0 Å². The van der Waals surface area contributed by atoms with Crippen molar-refractivity contribution in [2.45, 2.75) is 25.0 Å². The molecule has 1 saturated carbocycles. The van der Waals surface area contributed by atoms with Crippen LogP contribution in [-0.2, 0) is 4.79 Å². The number of rotatable bonds is 1. The summed E-state index contributed by atoms with van der Waals surface area (Å²) in [4.78, 5) is 11.4. The van der Waals surface area contributed by atoms with Gasteiger partial charge >= 0.3 is 0 Å². The number of hydrogen-bond donors (Lipinski definition) is 2. The van der Waals surface area contributed by atoms with Crippen molar-refractivity contribution in [3.05, 3.63) is 35.9 Å². The first-order chi connectivity index (χ1) is 7.13. The van der Waals surface area contributed by atoms with Gasteiger partial charge in [0.15, 0.2) is 5.78 Å². The molecule has 1 aromatic carbocycles. The van der Waals surface area contributed by atoms with Gasteiger partial charge in [-0.15, -0.1) is 0 Å². The maximum Gasteiger partial charge on any atom is 0.190 e. The van der Waals surface area contributed by atoms with Crippen molar-refractivity contribution in [2.24, 2.45) is 5.92 Å². The molecule has 0 heterocycles. The Bertz CT molecular complexity index is 360. The van der Waals surface area contributed by atoms with E-state index in [4.69, 9.17) is 0 Å². The van der Waals surface area contributed by atoms with Gasteiger partial charge in [0.2, 0.25) is 0 Å². The van der Waals surface area contributed by atoms with E-state index < -0.39 is 18.0 Å². The number of ketones is 1. The zero-order chi connectivity index (χ0) is 11.0. The van der Waals surface area contributed by atoms with Gasteiger partial charge < -0.3 is 10.2 Å². The highest BCUT2D eigenvalue weighted by Gasteiger charge is 2.46. The second-order valence-corrected chi connectivity index (χ2v) is 4.09. The standard InChI is InChI=1S/C12H14O3/c1-7-9(8-5-3-2-4-6-8)11(14)12(15)10(7)13/h2-7,9-11,13-14H,1H3. The van der Waals surface area contributed by atoms with Crippen LogP contribution < -0.4 is 0 Å². The van der Waals surface area contributed by atoms with Crippen LogP contribution in [0.25, 0.3) is 0 Å². The summed E-state index contributed by atoms with van der Waals surface area (Å²) in [6.07, 6.45) is -2.11. The lowest BCUT2D eigenvalue weighted by Crippen LogP contribution is -2.24. The molecule has 1 aliphatic rings. The molecule has 80 valence electrons. The van der Waals surface area contributed by atoms with Crippen molar-refractivity contribution >= 4 is 5.78 Å². The molecule has 0 saturated heterocycles. The zero-order valence-corrected chi connectivity index (χ0v) is 8.50. The molecule has 3 heteroatoms. The van der Waals surface area contributed by atoms with Gasteiger partial charge in [-0.2, -0.15) is 0 Å². The Kier molecular flexibility index (Phi) is 2.59. The Balaban J connectivity index is 2.35. The minimum absolute atomic E-state index is 0.227. The first-order valence-corrected chi connectivity index (χ1v) is 5.07. The lowest BCUT2D eigenvalue weighted by molar-refractivity contribution is -0.131. The van der Waals surface area contributed by atoms with E-state index in [0.717, 1.165) is 5.56 Å². The van der Waals surface area contributed by atoms with Gasteiger partial charge in [0.1, 0.15) is 12.2 Å². The third-order valence-corrected chi connectivity index (χ3v) is 3.17. The number of carbonyl (C=O) groups excluding carboxylic acids is 1. The largest absolute Gasteiger partial charge is 0.385 e. The van der Waals surface area contributed by atoms with E-state index in [1.807, 2.05) is 30.3 Å². The van der Waals surface area contributed by atoms with Crippen LogP contribution in [0, 0.1) is 5.92 Å². The number of hydrogen-bond acceptors (Lipinski definition) is 3. The smallest absolute Gasteiger partial charge is 0.190 e. The number of aliphatic hydroxyl groups is 2. The maximum absolute atomic E-state index is 11.4. The molecule has 0 amide bonds. The first-order valence-electron chi connectivity index (χ1n) is 5.07. The van der Waals surface area contributed by atoms with Gasteiger partial charge in [0.05, 0.1) is 0 Å². The van der Waals surface area contributed by atoms with Crippen molar-refractivity contribution in [1.82, 2.24) is 0 Å². The van der Waals surface area contributed by atoms with Crippen LogP contribution in [0.15, 0.2) is 30.3 Å². The highest BCUT2D eigenvalue weighted by atomic mass is 16.3. The average Bonchev–Trinajstić information content (AvgIpc) is 2.45. The molecule has 0 radical (unpaired) electrons. The molecule has 0 aromatic heterocycles. The fourth-order valence-corrected chi connectivity index (χ4v) is 2.26. The molecule has 0 aliphatic heterocycles. The lowest BCUT2D eigenvalue weighted by Gasteiger charge is -2.18. The lowest BCUT2D eigenvalue weighted by atomic mass is 9.88. The van der Waals surface area contributed by atoms with Gasteiger partial charge in [0, 0.05) is 5.92 Å². The van der Waals surface area contributed by atoms with E-state index in [1.54, 1.807) is 6.92 Å². The molecular weight excluding hydrogens is 192 g/mol. The molecule has 1 fully saturated rings. The van der Waals surface area contributed by atoms with Crippen LogP contribution >= 0.6 is 0 Å². The second kappa shape index (κ2) is 3.76. The molecule has 0 spiro atoms. The molecule has 2 N–H and O–H groups in total. The number of carbonyl (C=O) groups is 1. The Morgan fingerprint density at radius 3 is 2.13 bits per heavy atom. The fraction of sp³-hybridized carbons (Fsp3) is 0.417. The molecule has 2 rings (SSSR count). The van der Waals surface area contributed by atoms with Crippen molar-refractivity contribution in [3.63, 3.8) is 0 Å². The van der Waals surface area contributed by atoms with Crippen LogP contribution in [0.5, 0.6) is 0 Å². The quantitative estimate of drug-likeness (QED) is 0.711. The molecule has 0 bridgehead atoms. The summed E-state index contributed by atoms with van der Waals surface area (Å²) in [7, 11) is 0. The summed E-state index contributed by atoms with van der Waals surface area (Å²) in [5, 5.41) is 19.3. The number of aliphatic hydroxyl groups excluding tert-OH is 2. The summed E-state index contributed by atoms with van der Waals surface area (Å²) in [5.74, 6) is -0.972. The summed E-state index contributed by atoms with van der Waals surface area (Å²) in [5.41, 5.74) is 0.905. The number of benzene rings is 1. The monoisotopic (exact) mass is 206 g/mol. The number of Topliss-reactive ketones (excluding diaryl/α,β-unsaturated/α-hetero) is 1. The summed E-state index contributed by atoms with van der Waals surface area (Å²) in [6.45, 7) is 1.79. The Morgan fingerprint density at radius 1 is 1.07 bits per heavy atom. The van der Waals surface area contributed by atoms with Gasteiger partial charge in [-0.05, 0) is 11.5 Å². The van der Waals surface area contributed by atoms with E-state index in [2.05, 4.69) is 0 Å². The summed E-state index contributed by atoms with van der Waals surface area (Å²) in [6, 6.07) is 9.35. The highest BCUT2D eigenvalue weighted by Crippen LogP contribution is 2.37. The van der Waals surface area contributed by atoms with Crippen LogP contribution in [-0.4, -0.2) is 28.2 Å². The van der Waals surface area contributed by atoms with Gasteiger partial charge in [0.25, 0.3) is 0 Å². The summed E-state index contributed by atoms with van der Waals surface area (Å²) < 4.78 is 0. The predicted octanol–water partition coefficient (Wildman–Crippen LogP) is 0.711. The first kappa shape index (κ1) is 10.3. The van der Waals surface area contributed by atoms with E-state index in [0.29, 0.717) is 0 Å². The van der Waals surface area contributed by atoms with Crippen molar-refractivity contribution < 1.29 is 15.0 Å². The van der Waals surface area contributed by atoms with E-state index >= 15 is 0 Å². The van der Waals surface area contributed by atoms with Crippen LogP contribution in [0.4, 0.5) is 0 Å². The zero-order valence-electron chi connectivity index (χ0n) is 8.50. The molecule has 1 aliphatic carbocycles. The highest BCUT2D eigenvalue weighted by molar-refractivity contribution is 5.91. The van der Waals surface area contributed by atoms with E-state index in [-0.39, 0.29) is 11.8 Å². The summed E-state index contributed by atoms with van der Waals surface area (Å²) >= 11 is 0. The van der Waals surface area contributed by atoms with Gasteiger partial charge in [-0.3, -0.25) is 4.79 Å². The molecule has 1 aromatic rings. The minimum atomic E-state index is -1.07. The van der Waals surface area contributed by atoms with Crippen LogP contribution in [0.1, 0.15) is 18.4 Å². The topological polar surface area (TPSA) is 57.5 Å². The molecule has 4 unspecified atom stereocenters.